The molecule has 2 aromatic carbocycles. The highest BCUT2D eigenvalue weighted by Gasteiger charge is 2.12. The first-order valence-electron chi connectivity index (χ1n) is 8.40. The topological polar surface area (TPSA) is 59.9 Å². The van der Waals surface area contributed by atoms with Crippen molar-refractivity contribution in [3.63, 3.8) is 0 Å². The molecular formula is C20H22Br2N2O3. The van der Waals surface area contributed by atoms with Gasteiger partial charge in [0, 0.05) is 14.5 Å². The molecule has 0 radical (unpaired) electrons. The Labute approximate surface area is 176 Å². The zero-order valence-electron chi connectivity index (χ0n) is 15.7. The number of aryl methyl sites for hydroxylation is 1. The Morgan fingerprint density at radius 3 is 2.63 bits per heavy atom. The van der Waals surface area contributed by atoms with E-state index < -0.39 is 0 Å². The van der Waals surface area contributed by atoms with Gasteiger partial charge in [0.05, 0.1) is 13.3 Å². The molecule has 27 heavy (non-hydrogen) atoms. The molecule has 144 valence electrons. The number of hydrazone groups is 1. The van der Waals surface area contributed by atoms with Crippen molar-refractivity contribution in [3.8, 4) is 11.5 Å². The van der Waals surface area contributed by atoms with E-state index in [1.54, 1.807) is 13.3 Å². The van der Waals surface area contributed by atoms with Crippen LogP contribution < -0.4 is 14.9 Å². The molecule has 1 N–H and O–H groups in total. The molecule has 1 amide bonds. The zero-order valence-corrected chi connectivity index (χ0v) is 18.8. The van der Waals surface area contributed by atoms with Crippen LogP contribution in [0.25, 0.3) is 0 Å². The Balaban J connectivity index is 1.98. The van der Waals surface area contributed by atoms with Crippen molar-refractivity contribution >= 4 is 44.0 Å². The predicted octanol–water partition coefficient (Wildman–Crippen LogP) is 5.18. The van der Waals surface area contributed by atoms with Gasteiger partial charge in [0.1, 0.15) is 11.5 Å². The minimum absolute atomic E-state index is 0.114. The average molecular weight is 498 g/mol. The SMILES string of the molecule is COc1ccc(Br)c(/C=N/NC(=O)COc2cc(C)c(Br)cc2C(C)C)c1. The normalized spacial score (nSPS) is 11.1. The first-order chi connectivity index (χ1) is 12.8. The fourth-order valence-electron chi connectivity index (χ4n) is 2.34. The maximum atomic E-state index is 12.1. The van der Waals surface area contributed by atoms with E-state index in [-0.39, 0.29) is 18.4 Å². The summed E-state index contributed by atoms with van der Waals surface area (Å²) in [5.74, 6) is 1.37. The van der Waals surface area contributed by atoms with Crippen LogP contribution in [0.15, 0.2) is 44.4 Å². The van der Waals surface area contributed by atoms with E-state index in [0.717, 1.165) is 25.6 Å². The van der Waals surface area contributed by atoms with Crippen LogP contribution in [0.3, 0.4) is 0 Å². The summed E-state index contributed by atoms with van der Waals surface area (Å²) < 4.78 is 12.8. The second-order valence-corrected chi connectivity index (χ2v) is 7.97. The molecule has 7 heteroatoms. The minimum atomic E-state index is -0.333. The lowest BCUT2D eigenvalue weighted by Crippen LogP contribution is -2.25. The quantitative estimate of drug-likeness (QED) is 0.423. The lowest BCUT2D eigenvalue weighted by Gasteiger charge is -2.15. The zero-order chi connectivity index (χ0) is 20.0. The third kappa shape index (κ3) is 6.07. The molecule has 0 aromatic heterocycles. The fraction of sp³-hybridized carbons (Fsp3) is 0.300. The number of nitrogens with zero attached hydrogens (tertiary/aromatic N) is 1. The third-order valence-corrected chi connectivity index (χ3v) is 5.44. The van der Waals surface area contributed by atoms with Crippen molar-refractivity contribution in [2.75, 3.05) is 13.7 Å². The van der Waals surface area contributed by atoms with Crippen LogP contribution >= 0.6 is 31.9 Å². The standard InChI is InChI=1S/C20H22Br2N2O3/c1-12(2)16-9-18(22)13(3)7-19(16)27-11-20(25)24-23-10-14-8-15(26-4)5-6-17(14)21/h5-10,12H,11H2,1-4H3,(H,24,25)/b23-10+. The van der Waals surface area contributed by atoms with E-state index in [1.165, 1.54) is 0 Å². The molecule has 0 unspecified atom stereocenters. The molecule has 0 atom stereocenters. The number of amides is 1. The highest BCUT2D eigenvalue weighted by Crippen LogP contribution is 2.32. The maximum absolute atomic E-state index is 12.1. The maximum Gasteiger partial charge on any atom is 0.277 e. The molecule has 0 aliphatic heterocycles. The molecule has 0 bridgehead atoms. The largest absolute Gasteiger partial charge is 0.497 e. The van der Waals surface area contributed by atoms with Crippen LogP contribution in [0.4, 0.5) is 0 Å². The number of rotatable bonds is 7. The number of hydrogen-bond acceptors (Lipinski definition) is 4. The van der Waals surface area contributed by atoms with Crippen molar-refractivity contribution < 1.29 is 14.3 Å². The van der Waals surface area contributed by atoms with Crippen LogP contribution in [-0.4, -0.2) is 25.8 Å². The smallest absolute Gasteiger partial charge is 0.277 e. The number of hydrogen-bond donors (Lipinski definition) is 1. The van der Waals surface area contributed by atoms with E-state index in [9.17, 15) is 4.79 Å². The highest BCUT2D eigenvalue weighted by atomic mass is 79.9. The molecule has 2 rings (SSSR count). The van der Waals surface area contributed by atoms with Gasteiger partial charge in [-0.3, -0.25) is 4.79 Å². The number of carbonyl (C=O) groups excluding carboxylic acids is 1. The molecule has 2 aromatic rings. The molecular weight excluding hydrogens is 476 g/mol. The summed E-state index contributed by atoms with van der Waals surface area (Å²) in [6.45, 7) is 6.04. The summed E-state index contributed by atoms with van der Waals surface area (Å²) in [7, 11) is 1.60. The number of carbonyl (C=O) groups is 1. The molecule has 0 aliphatic carbocycles. The Kier molecular flexibility index (Phi) is 7.86. The van der Waals surface area contributed by atoms with E-state index in [1.807, 2.05) is 37.3 Å². The summed E-state index contributed by atoms with van der Waals surface area (Å²) in [5, 5.41) is 3.98. The van der Waals surface area contributed by atoms with Crippen molar-refractivity contribution in [3.05, 3.63) is 56.0 Å². The first-order valence-corrected chi connectivity index (χ1v) is 9.98. The Morgan fingerprint density at radius 1 is 1.22 bits per heavy atom. The van der Waals surface area contributed by atoms with Gasteiger partial charge in [-0.15, -0.1) is 0 Å². The summed E-state index contributed by atoms with van der Waals surface area (Å²) in [4.78, 5) is 12.1. The number of benzene rings is 2. The van der Waals surface area contributed by atoms with E-state index in [2.05, 4.69) is 56.2 Å². The third-order valence-electron chi connectivity index (χ3n) is 3.87. The number of ether oxygens (including phenoxy) is 2. The summed E-state index contributed by atoms with van der Waals surface area (Å²) in [6.07, 6.45) is 1.55. The van der Waals surface area contributed by atoms with Gasteiger partial charge >= 0.3 is 0 Å². The highest BCUT2D eigenvalue weighted by molar-refractivity contribution is 9.10. The summed E-state index contributed by atoms with van der Waals surface area (Å²) in [5.41, 5.74) is 5.37. The van der Waals surface area contributed by atoms with E-state index in [4.69, 9.17) is 9.47 Å². The molecule has 0 heterocycles. The molecule has 0 fully saturated rings. The predicted molar refractivity (Wildman–Crippen MR) is 115 cm³/mol. The average Bonchev–Trinajstić information content (AvgIpc) is 2.63. The van der Waals surface area contributed by atoms with Crippen molar-refractivity contribution in [2.24, 2.45) is 5.10 Å². The van der Waals surface area contributed by atoms with Crippen molar-refractivity contribution in [1.29, 1.82) is 0 Å². The number of methoxy groups -OCH3 is 1. The Morgan fingerprint density at radius 2 is 1.96 bits per heavy atom. The summed E-state index contributed by atoms with van der Waals surface area (Å²) in [6, 6.07) is 9.47. The number of nitrogens with one attached hydrogen (secondary N) is 1. The number of halogens is 2. The first kappa shape index (κ1) is 21.4. The van der Waals surface area contributed by atoms with Crippen molar-refractivity contribution in [1.82, 2.24) is 5.43 Å². The lowest BCUT2D eigenvalue weighted by atomic mass is 10.0. The van der Waals surface area contributed by atoms with Crippen LogP contribution in [0, 0.1) is 6.92 Å². The van der Waals surface area contributed by atoms with Crippen LogP contribution in [-0.2, 0) is 4.79 Å². The van der Waals surface area contributed by atoms with Gasteiger partial charge in [-0.25, -0.2) is 5.43 Å². The Hall–Kier alpha value is -1.86. The van der Waals surface area contributed by atoms with Gasteiger partial charge in [0.25, 0.3) is 5.91 Å². The van der Waals surface area contributed by atoms with Gasteiger partial charge in [0.15, 0.2) is 6.61 Å². The van der Waals surface area contributed by atoms with Gasteiger partial charge in [0.2, 0.25) is 0 Å². The second-order valence-electron chi connectivity index (χ2n) is 6.26. The minimum Gasteiger partial charge on any atom is -0.497 e. The van der Waals surface area contributed by atoms with Gasteiger partial charge in [-0.05, 0) is 54.3 Å². The van der Waals surface area contributed by atoms with Crippen LogP contribution in [0.5, 0.6) is 11.5 Å². The van der Waals surface area contributed by atoms with Gasteiger partial charge in [-0.1, -0.05) is 45.7 Å². The molecule has 0 spiro atoms. The molecule has 5 nitrogen and oxygen atoms in total. The van der Waals surface area contributed by atoms with Crippen LogP contribution in [0.1, 0.15) is 36.5 Å². The second kappa shape index (κ2) is 9.90. The van der Waals surface area contributed by atoms with E-state index in [0.29, 0.717) is 11.5 Å². The molecule has 0 saturated heterocycles. The molecule has 0 aliphatic rings. The summed E-state index contributed by atoms with van der Waals surface area (Å²) >= 11 is 6.97. The Bertz CT molecular complexity index is 851. The van der Waals surface area contributed by atoms with Gasteiger partial charge < -0.3 is 9.47 Å². The monoisotopic (exact) mass is 496 g/mol. The fourth-order valence-corrected chi connectivity index (χ4v) is 3.05. The van der Waals surface area contributed by atoms with Crippen LogP contribution in [0.2, 0.25) is 0 Å². The van der Waals surface area contributed by atoms with Gasteiger partial charge in [-0.2, -0.15) is 5.10 Å². The lowest BCUT2D eigenvalue weighted by molar-refractivity contribution is -0.123. The van der Waals surface area contributed by atoms with E-state index >= 15 is 0 Å². The van der Waals surface area contributed by atoms with Crippen molar-refractivity contribution in [2.45, 2.75) is 26.7 Å². The molecule has 0 saturated carbocycles.